The molecule has 0 spiro atoms. The van der Waals surface area contributed by atoms with Gasteiger partial charge in [-0.3, -0.25) is 9.59 Å². The Kier molecular flexibility index (Phi) is 6.02. The Balaban J connectivity index is 1.28. The molecular weight excluding hydrogens is 400 g/mol. The van der Waals surface area contributed by atoms with Crippen molar-refractivity contribution in [2.45, 2.75) is 26.2 Å². The van der Waals surface area contributed by atoms with Crippen molar-refractivity contribution in [1.29, 1.82) is 0 Å². The fourth-order valence-electron chi connectivity index (χ4n) is 4.28. The zero-order valence-corrected chi connectivity index (χ0v) is 17.4. The highest BCUT2D eigenvalue weighted by molar-refractivity contribution is 5.94. The van der Waals surface area contributed by atoms with Gasteiger partial charge in [0.1, 0.15) is 11.6 Å². The lowest BCUT2D eigenvalue weighted by Crippen LogP contribution is -2.43. The molecule has 31 heavy (non-hydrogen) atoms. The quantitative estimate of drug-likeness (QED) is 0.650. The number of amides is 2. The smallest absolute Gasteiger partial charge is 0.253 e. The monoisotopic (exact) mass is 425 g/mol. The van der Waals surface area contributed by atoms with E-state index in [1.165, 1.54) is 30.3 Å². The molecule has 1 saturated heterocycles. The van der Waals surface area contributed by atoms with Crippen LogP contribution in [0.15, 0.2) is 42.5 Å². The Labute approximate surface area is 179 Å². The normalized spacial score (nSPS) is 14.7. The molecule has 1 fully saturated rings. The summed E-state index contributed by atoms with van der Waals surface area (Å²) in [5, 5.41) is 3.82. The van der Waals surface area contributed by atoms with E-state index in [-0.39, 0.29) is 23.5 Å². The zero-order chi connectivity index (χ0) is 22.0. The Hall–Kier alpha value is -3.22. The number of fused-ring (bicyclic) bond motifs is 1. The van der Waals surface area contributed by atoms with E-state index in [0.29, 0.717) is 44.5 Å². The second kappa shape index (κ2) is 8.88. The highest BCUT2D eigenvalue weighted by Gasteiger charge is 2.27. The van der Waals surface area contributed by atoms with E-state index in [1.54, 1.807) is 17.0 Å². The number of hydrogen-bond donors (Lipinski definition) is 2. The third kappa shape index (κ3) is 4.60. The lowest BCUT2D eigenvalue weighted by Gasteiger charge is -2.31. The number of benzene rings is 2. The molecule has 0 unspecified atom stereocenters. The van der Waals surface area contributed by atoms with E-state index in [9.17, 15) is 18.4 Å². The van der Waals surface area contributed by atoms with Gasteiger partial charge < -0.3 is 15.2 Å². The number of halogens is 2. The molecule has 1 aliphatic rings. The van der Waals surface area contributed by atoms with Gasteiger partial charge in [0, 0.05) is 47.7 Å². The van der Waals surface area contributed by atoms with Gasteiger partial charge >= 0.3 is 0 Å². The van der Waals surface area contributed by atoms with E-state index < -0.39 is 5.82 Å². The molecule has 162 valence electrons. The van der Waals surface area contributed by atoms with E-state index in [2.05, 4.69) is 10.3 Å². The second-order valence-corrected chi connectivity index (χ2v) is 8.04. The average Bonchev–Trinajstić information content (AvgIpc) is 3.07. The zero-order valence-electron chi connectivity index (χ0n) is 17.4. The SMILES string of the molecule is Cc1[nH]c2ccc(F)cc2c1CCNC(=O)C1CCN(C(=O)c2cccc(F)c2)CC1. The summed E-state index contributed by atoms with van der Waals surface area (Å²) in [6, 6.07) is 10.3. The molecule has 0 saturated carbocycles. The first-order valence-electron chi connectivity index (χ1n) is 10.5. The van der Waals surface area contributed by atoms with Crippen LogP contribution in [0.25, 0.3) is 10.9 Å². The predicted octanol–water partition coefficient (Wildman–Crippen LogP) is 3.97. The van der Waals surface area contributed by atoms with Crippen molar-refractivity contribution in [1.82, 2.24) is 15.2 Å². The van der Waals surface area contributed by atoms with Gasteiger partial charge in [-0.25, -0.2) is 8.78 Å². The predicted molar refractivity (Wildman–Crippen MR) is 115 cm³/mol. The summed E-state index contributed by atoms with van der Waals surface area (Å²) in [4.78, 5) is 30.0. The molecule has 1 aromatic heterocycles. The Morgan fingerprint density at radius 3 is 2.58 bits per heavy atom. The van der Waals surface area contributed by atoms with E-state index in [1.807, 2.05) is 6.92 Å². The molecule has 0 aliphatic carbocycles. The summed E-state index contributed by atoms with van der Waals surface area (Å²) in [5.41, 5.74) is 3.19. The van der Waals surface area contributed by atoms with Crippen molar-refractivity contribution in [3.8, 4) is 0 Å². The molecule has 0 radical (unpaired) electrons. The van der Waals surface area contributed by atoms with Crippen LogP contribution in [0.1, 0.15) is 34.5 Å². The molecule has 5 nitrogen and oxygen atoms in total. The maximum absolute atomic E-state index is 13.6. The Morgan fingerprint density at radius 1 is 1.10 bits per heavy atom. The molecule has 0 atom stereocenters. The number of likely N-dealkylation sites (tertiary alicyclic amines) is 1. The van der Waals surface area contributed by atoms with Crippen LogP contribution in [0.4, 0.5) is 8.78 Å². The summed E-state index contributed by atoms with van der Waals surface area (Å²) >= 11 is 0. The molecule has 1 aliphatic heterocycles. The maximum atomic E-state index is 13.6. The molecule has 2 heterocycles. The minimum absolute atomic E-state index is 0.0264. The van der Waals surface area contributed by atoms with Crippen molar-refractivity contribution in [2.75, 3.05) is 19.6 Å². The molecule has 3 aromatic rings. The van der Waals surface area contributed by atoms with Crippen LogP contribution in [-0.4, -0.2) is 41.3 Å². The number of hydrogen-bond acceptors (Lipinski definition) is 2. The lowest BCUT2D eigenvalue weighted by molar-refractivity contribution is -0.126. The van der Waals surface area contributed by atoms with Gasteiger partial charge in [-0.1, -0.05) is 6.07 Å². The largest absolute Gasteiger partial charge is 0.358 e. The number of carbonyl (C=O) groups is 2. The van der Waals surface area contributed by atoms with Gasteiger partial charge in [0.25, 0.3) is 5.91 Å². The number of piperidine rings is 1. The number of rotatable bonds is 5. The number of aromatic amines is 1. The number of aryl methyl sites for hydroxylation is 1. The van der Waals surface area contributed by atoms with Gasteiger partial charge in [0.15, 0.2) is 0 Å². The molecule has 2 N–H and O–H groups in total. The third-order valence-electron chi connectivity index (χ3n) is 5.98. The van der Waals surface area contributed by atoms with Gasteiger partial charge in [0.2, 0.25) is 5.91 Å². The van der Waals surface area contributed by atoms with Crippen molar-refractivity contribution in [2.24, 2.45) is 5.92 Å². The van der Waals surface area contributed by atoms with E-state index >= 15 is 0 Å². The minimum atomic E-state index is -0.437. The Morgan fingerprint density at radius 2 is 1.84 bits per heavy atom. The number of nitrogens with one attached hydrogen (secondary N) is 2. The van der Waals surface area contributed by atoms with Gasteiger partial charge in [-0.05, 0) is 68.1 Å². The standard InChI is InChI=1S/C24H25F2N3O2/c1-15-20(21-14-19(26)5-6-22(21)28-15)7-10-27-23(30)16-8-11-29(12-9-16)24(31)17-3-2-4-18(25)13-17/h2-6,13-14,16,28H,7-12H2,1H3,(H,27,30). The van der Waals surface area contributed by atoms with Crippen molar-refractivity contribution < 1.29 is 18.4 Å². The molecule has 7 heteroatoms. The van der Waals surface area contributed by atoms with Crippen molar-refractivity contribution >= 4 is 22.7 Å². The average molecular weight is 425 g/mol. The molecular formula is C24H25F2N3O2. The highest BCUT2D eigenvalue weighted by Crippen LogP contribution is 2.24. The lowest BCUT2D eigenvalue weighted by atomic mass is 9.95. The van der Waals surface area contributed by atoms with Crippen molar-refractivity contribution in [3.63, 3.8) is 0 Å². The number of carbonyl (C=O) groups excluding carboxylic acids is 2. The maximum Gasteiger partial charge on any atom is 0.253 e. The third-order valence-corrected chi connectivity index (χ3v) is 5.98. The van der Waals surface area contributed by atoms with Crippen LogP contribution in [0.3, 0.4) is 0 Å². The summed E-state index contributed by atoms with van der Waals surface area (Å²) < 4.78 is 27.0. The first kappa shape index (κ1) is 21.0. The van der Waals surface area contributed by atoms with Crippen LogP contribution in [-0.2, 0) is 11.2 Å². The van der Waals surface area contributed by atoms with Crippen LogP contribution in [0, 0.1) is 24.5 Å². The van der Waals surface area contributed by atoms with Crippen molar-refractivity contribution in [3.05, 3.63) is 70.9 Å². The first-order chi connectivity index (χ1) is 14.9. The van der Waals surface area contributed by atoms with E-state index in [0.717, 1.165) is 22.2 Å². The number of aromatic nitrogens is 1. The van der Waals surface area contributed by atoms with Crippen LogP contribution >= 0.6 is 0 Å². The van der Waals surface area contributed by atoms with Crippen LogP contribution in [0.5, 0.6) is 0 Å². The van der Waals surface area contributed by atoms with E-state index in [4.69, 9.17) is 0 Å². The summed E-state index contributed by atoms with van der Waals surface area (Å²) in [5.74, 6) is -1.11. The summed E-state index contributed by atoms with van der Waals surface area (Å²) in [6.07, 6.45) is 1.76. The fraction of sp³-hybridized carbons (Fsp3) is 0.333. The molecule has 4 rings (SSSR count). The minimum Gasteiger partial charge on any atom is -0.358 e. The first-order valence-corrected chi connectivity index (χ1v) is 10.5. The fourth-order valence-corrected chi connectivity index (χ4v) is 4.28. The summed E-state index contributed by atoms with van der Waals surface area (Å²) in [7, 11) is 0. The molecule has 2 amide bonds. The second-order valence-electron chi connectivity index (χ2n) is 8.04. The van der Waals surface area contributed by atoms with Crippen LogP contribution in [0.2, 0.25) is 0 Å². The Bertz CT molecular complexity index is 1120. The molecule has 0 bridgehead atoms. The van der Waals surface area contributed by atoms with Gasteiger partial charge in [0.05, 0.1) is 0 Å². The topological polar surface area (TPSA) is 65.2 Å². The summed E-state index contributed by atoms with van der Waals surface area (Å²) in [6.45, 7) is 3.34. The number of H-pyrrole nitrogens is 1. The molecule has 2 aromatic carbocycles. The number of nitrogens with zero attached hydrogens (tertiary/aromatic N) is 1. The van der Waals surface area contributed by atoms with Gasteiger partial charge in [-0.15, -0.1) is 0 Å². The highest BCUT2D eigenvalue weighted by atomic mass is 19.1. The van der Waals surface area contributed by atoms with Crippen LogP contribution < -0.4 is 5.32 Å². The van der Waals surface area contributed by atoms with Gasteiger partial charge in [-0.2, -0.15) is 0 Å².